The Morgan fingerprint density at radius 3 is 1.31 bits per heavy atom. The summed E-state index contributed by atoms with van der Waals surface area (Å²) in [7, 11) is -2.69. The molecule has 1 spiro atoms. The van der Waals surface area contributed by atoms with E-state index >= 15 is 0 Å². The molecule has 2 aliphatic heterocycles. The molecule has 0 saturated carbocycles. The van der Waals surface area contributed by atoms with Gasteiger partial charge in [-0.05, 0) is 106 Å². The van der Waals surface area contributed by atoms with Crippen molar-refractivity contribution in [2.45, 2.75) is 33.1 Å². The Morgan fingerprint density at radius 1 is 0.403 bits per heavy atom. The van der Waals surface area contributed by atoms with Gasteiger partial charge in [-0.3, -0.25) is 0 Å². The highest BCUT2D eigenvalue weighted by atomic mass is 28.3. The molecule has 9 aromatic rings. The van der Waals surface area contributed by atoms with E-state index in [9.17, 15) is 0 Å². The Morgan fingerprint density at radius 2 is 0.823 bits per heavy atom. The fourth-order valence-corrected chi connectivity index (χ4v) is 17.4. The number of hydrogen-bond donors (Lipinski definition) is 0. The minimum atomic E-state index is -2.69. The molecule has 0 bridgehead atoms. The second-order valence-corrected chi connectivity index (χ2v) is 21.5. The summed E-state index contributed by atoms with van der Waals surface area (Å²) in [6, 6.07) is 79.0. The van der Waals surface area contributed by atoms with E-state index < -0.39 is 13.5 Å². The van der Waals surface area contributed by atoms with Crippen molar-refractivity contribution in [1.29, 1.82) is 0 Å². The van der Waals surface area contributed by atoms with Gasteiger partial charge in [0, 0.05) is 5.69 Å². The third-order valence-corrected chi connectivity index (χ3v) is 19.4. The molecule has 0 unspecified atom stereocenters. The van der Waals surface area contributed by atoms with Gasteiger partial charge in [-0.25, -0.2) is 0 Å². The molecule has 0 saturated heterocycles. The van der Waals surface area contributed by atoms with E-state index in [0.717, 1.165) is 0 Å². The van der Waals surface area contributed by atoms with Gasteiger partial charge in [0.05, 0.1) is 16.8 Å². The Kier molecular flexibility index (Phi) is 8.20. The predicted octanol–water partition coefficient (Wildman–Crippen LogP) is 9.27. The third-order valence-electron chi connectivity index (χ3n) is 14.4. The van der Waals surface area contributed by atoms with Crippen LogP contribution in [0.3, 0.4) is 0 Å². The van der Waals surface area contributed by atoms with Crippen LogP contribution in [0.5, 0.6) is 0 Å². The van der Waals surface area contributed by atoms with Crippen LogP contribution in [0, 0.1) is 27.7 Å². The summed E-state index contributed by atoms with van der Waals surface area (Å²) >= 11 is 0. The smallest absolute Gasteiger partial charge is 0.241 e. The Balaban J connectivity index is 1.09. The van der Waals surface area contributed by atoms with Crippen LogP contribution in [-0.2, 0) is 5.41 Å². The molecule has 9 aromatic carbocycles. The molecule has 12 rings (SSSR count). The van der Waals surface area contributed by atoms with E-state index in [4.69, 9.17) is 0 Å². The lowest BCUT2D eigenvalue weighted by Crippen LogP contribution is -2.86. The maximum Gasteiger partial charge on any atom is 0.241 e. The van der Waals surface area contributed by atoms with Crippen molar-refractivity contribution >= 4 is 69.0 Å². The molecular formula is C59H46BNSi. The second kappa shape index (κ2) is 13.8. The first-order valence-electron chi connectivity index (χ1n) is 22.0. The second-order valence-electron chi connectivity index (χ2n) is 17.8. The normalized spacial score (nSPS) is 14.6. The van der Waals surface area contributed by atoms with Gasteiger partial charge < -0.3 is 4.90 Å². The number of nitrogens with zero attached hydrogens (tertiary/aromatic N) is 1. The summed E-state index contributed by atoms with van der Waals surface area (Å²) < 4.78 is 0. The predicted molar refractivity (Wildman–Crippen MR) is 266 cm³/mol. The van der Waals surface area contributed by atoms with E-state index in [1.807, 2.05) is 0 Å². The quantitative estimate of drug-likeness (QED) is 0.161. The summed E-state index contributed by atoms with van der Waals surface area (Å²) in [6.45, 7) is 9.28. The van der Waals surface area contributed by atoms with E-state index in [1.165, 1.54) is 110 Å². The lowest BCUT2D eigenvalue weighted by Gasteiger charge is -2.46. The van der Waals surface area contributed by atoms with Crippen LogP contribution >= 0.6 is 0 Å². The molecule has 0 aromatic heterocycles. The number of aryl methyl sites for hydroxylation is 4. The number of benzene rings is 9. The standard InChI is InChI=1S/C59H46BNSi/c1-39-31-33-54-50(35-39)59(48-25-13-11-23-46(48)47-24-12-14-26-49(47)59)51-36-40(2)32-34-55(51)61(54)43-37-41(3)58(42(4)38-43)60-52-27-15-17-29-56(52)62(44-19-7-5-8-20-44,45-21-9-6-10-22-45)57-30-18-16-28-53(57)60/h5-38H,1-4H3. The number of anilines is 3. The van der Waals surface area contributed by atoms with Crippen LogP contribution in [0.4, 0.5) is 17.1 Å². The molecule has 0 fully saturated rings. The van der Waals surface area contributed by atoms with Gasteiger partial charge in [0.25, 0.3) is 0 Å². The van der Waals surface area contributed by atoms with Crippen LogP contribution in [0.15, 0.2) is 206 Å². The summed E-state index contributed by atoms with van der Waals surface area (Å²) in [6.07, 6.45) is 0. The number of rotatable bonds is 4. The number of fused-ring (bicyclic) bond motifs is 11. The Labute approximate surface area is 367 Å². The monoisotopic (exact) mass is 807 g/mol. The highest BCUT2D eigenvalue weighted by Crippen LogP contribution is 2.63. The maximum absolute atomic E-state index is 2.69. The fraction of sp³-hybridized carbons (Fsp3) is 0.0847. The molecule has 1 nitrogen and oxygen atoms in total. The first kappa shape index (κ1) is 36.9. The SMILES string of the molecule is Cc1ccc2c(c1)C1(c3ccccc3-c3ccccc31)c1cc(C)ccc1N2c1cc(C)c(B2c3ccccc3[Si](c3ccccc3)(c3ccccc3)c3ccccc32)c(C)c1. The van der Waals surface area contributed by atoms with Crippen molar-refractivity contribution in [1.82, 2.24) is 0 Å². The highest BCUT2D eigenvalue weighted by molar-refractivity contribution is 7.26. The van der Waals surface area contributed by atoms with E-state index in [-0.39, 0.29) is 6.71 Å². The molecular weight excluding hydrogens is 762 g/mol. The van der Waals surface area contributed by atoms with Gasteiger partial charge in [0.1, 0.15) is 0 Å². The molecule has 62 heavy (non-hydrogen) atoms. The summed E-state index contributed by atoms with van der Waals surface area (Å²) in [5.41, 5.74) is 20.7. The first-order chi connectivity index (χ1) is 30.4. The van der Waals surface area contributed by atoms with E-state index in [0.29, 0.717) is 0 Å². The summed E-state index contributed by atoms with van der Waals surface area (Å²) in [4.78, 5) is 2.56. The summed E-state index contributed by atoms with van der Waals surface area (Å²) in [5, 5.41) is 5.81. The van der Waals surface area contributed by atoms with Gasteiger partial charge in [-0.2, -0.15) is 0 Å². The van der Waals surface area contributed by atoms with E-state index in [2.05, 4.69) is 239 Å². The van der Waals surface area contributed by atoms with Crippen molar-refractivity contribution in [3.63, 3.8) is 0 Å². The molecule has 294 valence electrons. The molecule has 3 heteroatoms. The zero-order valence-electron chi connectivity index (χ0n) is 35.7. The fourth-order valence-electron chi connectivity index (χ4n) is 12.2. The molecule has 0 radical (unpaired) electrons. The minimum absolute atomic E-state index is 0.0884. The van der Waals surface area contributed by atoms with Crippen LogP contribution in [0.2, 0.25) is 0 Å². The average molecular weight is 808 g/mol. The first-order valence-corrected chi connectivity index (χ1v) is 24.0. The molecule has 3 aliphatic rings. The van der Waals surface area contributed by atoms with E-state index in [1.54, 1.807) is 0 Å². The molecule has 2 heterocycles. The van der Waals surface area contributed by atoms with Crippen LogP contribution in [-0.4, -0.2) is 14.8 Å². The third kappa shape index (κ3) is 4.91. The van der Waals surface area contributed by atoms with Crippen molar-refractivity contribution in [2.24, 2.45) is 0 Å². The van der Waals surface area contributed by atoms with Crippen molar-refractivity contribution in [2.75, 3.05) is 4.90 Å². The molecule has 0 amide bonds. The van der Waals surface area contributed by atoms with Crippen LogP contribution in [0.25, 0.3) is 11.1 Å². The molecule has 0 N–H and O–H groups in total. The van der Waals surface area contributed by atoms with Gasteiger partial charge in [-0.15, -0.1) is 0 Å². The lowest BCUT2D eigenvalue weighted by atomic mass is 9.35. The lowest BCUT2D eigenvalue weighted by molar-refractivity contribution is 0.750. The van der Waals surface area contributed by atoms with Crippen LogP contribution in [0.1, 0.15) is 44.5 Å². The molecule has 1 aliphatic carbocycles. The zero-order valence-corrected chi connectivity index (χ0v) is 36.7. The van der Waals surface area contributed by atoms with Crippen molar-refractivity contribution < 1.29 is 0 Å². The number of hydrogen-bond acceptors (Lipinski definition) is 1. The minimum Gasteiger partial charge on any atom is -0.310 e. The summed E-state index contributed by atoms with van der Waals surface area (Å²) in [5.74, 6) is 0. The molecule has 0 atom stereocenters. The largest absolute Gasteiger partial charge is 0.310 e. The van der Waals surface area contributed by atoms with Gasteiger partial charge >= 0.3 is 0 Å². The topological polar surface area (TPSA) is 3.24 Å². The maximum atomic E-state index is 2.56. The highest BCUT2D eigenvalue weighted by Gasteiger charge is 2.53. The Bertz CT molecular complexity index is 3050. The van der Waals surface area contributed by atoms with Crippen LogP contribution < -0.4 is 42.0 Å². The van der Waals surface area contributed by atoms with Crippen molar-refractivity contribution in [3.05, 3.63) is 251 Å². The zero-order chi connectivity index (χ0) is 41.7. The van der Waals surface area contributed by atoms with Gasteiger partial charge in [0.2, 0.25) is 6.71 Å². The average Bonchev–Trinajstić information content (AvgIpc) is 3.60. The van der Waals surface area contributed by atoms with Gasteiger partial charge in [0.15, 0.2) is 8.07 Å². The Hall–Kier alpha value is -6.94. The van der Waals surface area contributed by atoms with Gasteiger partial charge in [-0.1, -0.05) is 221 Å². The van der Waals surface area contributed by atoms with Crippen molar-refractivity contribution in [3.8, 4) is 11.1 Å².